The smallest absolute Gasteiger partial charge is 0.261 e. The Labute approximate surface area is 123 Å². The van der Waals surface area contributed by atoms with E-state index in [-0.39, 0.29) is 30.7 Å². The van der Waals surface area contributed by atoms with Gasteiger partial charge in [0.2, 0.25) is 5.91 Å². The number of imide groups is 1. The van der Waals surface area contributed by atoms with Gasteiger partial charge in [0, 0.05) is 19.5 Å². The predicted octanol–water partition coefficient (Wildman–Crippen LogP) is 0.528. The molecule has 1 aromatic rings. The number of carbonyl (C=O) groups is 3. The number of amides is 3. The van der Waals surface area contributed by atoms with Crippen LogP contribution in [0.1, 0.15) is 40.0 Å². The predicted molar refractivity (Wildman–Crippen MR) is 77.7 cm³/mol. The van der Waals surface area contributed by atoms with Crippen LogP contribution >= 0.6 is 0 Å². The lowest BCUT2D eigenvalue weighted by molar-refractivity contribution is -0.121. The molecule has 0 radical (unpaired) electrons. The first-order valence-corrected chi connectivity index (χ1v) is 7.07. The maximum absolute atomic E-state index is 12.1. The molecule has 3 amide bonds. The molecule has 6 heteroatoms. The second-order valence-corrected chi connectivity index (χ2v) is 4.90. The number of nitrogens with zero attached hydrogens (tertiary/aromatic N) is 1. The minimum absolute atomic E-state index is 0.0833. The molecule has 1 heterocycles. The van der Waals surface area contributed by atoms with Crippen molar-refractivity contribution < 1.29 is 14.4 Å². The highest BCUT2D eigenvalue weighted by molar-refractivity contribution is 6.21. The van der Waals surface area contributed by atoms with E-state index in [1.807, 2.05) is 0 Å². The molecule has 3 N–H and O–H groups in total. The van der Waals surface area contributed by atoms with E-state index in [2.05, 4.69) is 5.32 Å². The maximum atomic E-state index is 12.1. The lowest BCUT2D eigenvalue weighted by Crippen LogP contribution is -2.32. The van der Waals surface area contributed by atoms with Crippen molar-refractivity contribution >= 4 is 17.7 Å². The van der Waals surface area contributed by atoms with Gasteiger partial charge in [-0.25, -0.2) is 0 Å². The molecule has 0 atom stereocenters. The quantitative estimate of drug-likeness (QED) is 0.565. The van der Waals surface area contributed by atoms with Gasteiger partial charge in [-0.1, -0.05) is 12.1 Å². The maximum Gasteiger partial charge on any atom is 0.261 e. The molecule has 1 aliphatic heterocycles. The molecule has 0 aliphatic carbocycles. The lowest BCUT2D eigenvalue weighted by Gasteiger charge is -2.13. The van der Waals surface area contributed by atoms with Gasteiger partial charge in [-0.15, -0.1) is 0 Å². The minimum Gasteiger partial charge on any atom is -0.356 e. The van der Waals surface area contributed by atoms with Crippen LogP contribution in [0.4, 0.5) is 0 Å². The van der Waals surface area contributed by atoms with Crippen LogP contribution in [0, 0.1) is 0 Å². The van der Waals surface area contributed by atoms with Crippen molar-refractivity contribution in [3.63, 3.8) is 0 Å². The average Bonchev–Trinajstić information content (AvgIpc) is 2.73. The first-order chi connectivity index (χ1) is 10.1. The van der Waals surface area contributed by atoms with Gasteiger partial charge in [-0.05, 0) is 31.5 Å². The molecule has 0 unspecified atom stereocenters. The number of hydrogen-bond acceptors (Lipinski definition) is 4. The first kappa shape index (κ1) is 15.2. The van der Waals surface area contributed by atoms with Crippen molar-refractivity contribution in [1.82, 2.24) is 10.2 Å². The van der Waals surface area contributed by atoms with E-state index in [4.69, 9.17) is 5.73 Å². The second kappa shape index (κ2) is 6.99. The van der Waals surface area contributed by atoms with Crippen molar-refractivity contribution in [2.75, 3.05) is 19.6 Å². The standard InChI is InChI=1S/C15H19N3O3/c16-8-4-9-17-13(19)7-3-10-18-14(20)11-5-1-2-6-12(11)15(18)21/h1-2,5-6H,3-4,7-10,16H2,(H,17,19). The Morgan fingerprint density at radius 2 is 1.71 bits per heavy atom. The number of carbonyl (C=O) groups excluding carboxylic acids is 3. The summed E-state index contributed by atoms with van der Waals surface area (Å²) in [6.07, 6.45) is 1.49. The zero-order valence-electron chi connectivity index (χ0n) is 11.8. The van der Waals surface area contributed by atoms with E-state index in [9.17, 15) is 14.4 Å². The van der Waals surface area contributed by atoms with Crippen molar-refractivity contribution in [3.8, 4) is 0 Å². The number of rotatable bonds is 7. The third-order valence-electron chi connectivity index (χ3n) is 3.37. The average molecular weight is 289 g/mol. The molecule has 0 fully saturated rings. The highest BCUT2D eigenvalue weighted by Gasteiger charge is 2.34. The Kier molecular flexibility index (Phi) is 5.05. The van der Waals surface area contributed by atoms with E-state index in [0.717, 1.165) is 6.42 Å². The Hall–Kier alpha value is -2.21. The number of hydrogen-bond donors (Lipinski definition) is 2. The van der Waals surface area contributed by atoms with E-state index in [0.29, 0.717) is 30.6 Å². The summed E-state index contributed by atoms with van der Waals surface area (Å²) >= 11 is 0. The third kappa shape index (κ3) is 3.46. The molecule has 0 bridgehead atoms. The Balaban J connectivity index is 1.81. The highest BCUT2D eigenvalue weighted by Crippen LogP contribution is 2.22. The molecule has 1 aliphatic rings. The van der Waals surface area contributed by atoms with Gasteiger partial charge in [0.05, 0.1) is 11.1 Å². The SMILES string of the molecule is NCCCNC(=O)CCCN1C(=O)c2ccccc2C1=O. The second-order valence-electron chi connectivity index (χ2n) is 4.90. The van der Waals surface area contributed by atoms with Crippen LogP contribution in [-0.2, 0) is 4.79 Å². The Morgan fingerprint density at radius 1 is 1.10 bits per heavy atom. The fourth-order valence-electron chi connectivity index (χ4n) is 2.26. The van der Waals surface area contributed by atoms with Crippen LogP contribution in [0.3, 0.4) is 0 Å². The Bertz CT molecular complexity index is 522. The van der Waals surface area contributed by atoms with Crippen LogP contribution in [0.5, 0.6) is 0 Å². The van der Waals surface area contributed by atoms with Crippen molar-refractivity contribution in [2.24, 2.45) is 5.73 Å². The summed E-state index contributed by atoms with van der Waals surface area (Å²) in [6.45, 7) is 1.36. The summed E-state index contributed by atoms with van der Waals surface area (Å²) in [5, 5.41) is 2.74. The van der Waals surface area contributed by atoms with E-state index in [1.54, 1.807) is 24.3 Å². The van der Waals surface area contributed by atoms with Gasteiger partial charge in [0.25, 0.3) is 11.8 Å². The third-order valence-corrected chi connectivity index (χ3v) is 3.37. The number of nitrogens with one attached hydrogen (secondary N) is 1. The van der Waals surface area contributed by atoms with Crippen LogP contribution in [-0.4, -0.2) is 42.3 Å². The van der Waals surface area contributed by atoms with E-state index in [1.165, 1.54) is 4.90 Å². The summed E-state index contributed by atoms with van der Waals surface area (Å²) in [7, 11) is 0. The summed E-state index contributed by atoms with van der Waals surface area (Å²) < 4.78 is 0. The number of nitrogens with two attached hydrogens (primary N) is 1. The minimum atomic E-state index is -0.279. The van der Waals surface area contributed by atoms with Gasteiger partial charge in [0.15, 0.2) is 0 Å². The summed E-state index contributed by atoms with van der Waals surface area (Å²) in [5.41, 5.74) is 6.22. The fraction of sp³-hybridized carbons (Fsp3) is 0.400. The molecule has 0 aromatic heterocycles. The van der Waals surface area contributed by atoms with Gasteiger partial charge >= 0.3 is 0 Å². The molecule has 112 valence electrons. The largest absolute Gasteiger partial charge is 0.356 e. The highest BCUT2D eigenvalue weighted by atomic mass is 16.2. The summed E-state index contributed by atoms with van der Waals surface area (Å²) in [6, 6.07) is 6.76. The van der Waals surface area contributed by atoms with Crippen molar-refractivity contribution in [1.29, 1.82) is 0 Å². The zero-order chi connectivity index (χ0) is 15.2. The van der Waals surface area contributed by atoms with Crippen molar-refractivity contribution in [2.45, 2.75) is 19.3 Å². The molecule has 6 nitrogen and oxygen atoms in total. The van der Waals surface area contributed by atoms with Crippen LogP contribution in [0.15, 0.2) is 24.3 Å². The van der Waals surface area contributed by atoms with Crippen LogP contribution in [0.25, 0.3) is 0 Å². The lowest BCUT2D eigenvalue weighted by atomic mass is 10.1. The molecular formula is C15H19N3O3. The normalized spacial score (nSPS) is 13.5. The van der Waals surface area contributed by atoms with Gasteiger partial charge in [-0.3, -0.25) is 19.3 Å². The van der Waals surface area contributed by atoms with Gasteiger partial charge in [0.1, 0.15) is 0 Å². The fourth-order valence-corrected chi connectivity index (χ4v) is 2.26. The molecule has 0 spiro atoms. The van der Waals surface area contributed by atoms with Gasteiger partial charge in [-0.2, -0.15) is 0 Å². The molecule has 0 saturated carbocycles. The molecule has 21 heavy (non-hydrogen) atoms. The summed E-state index contributed by atoms with van der Waals surface area (Å²) in [5.74, 6) is -0.640. The monoisotopic (exact) mass is 289 g/mol. The number of benzene rings is 1. The van der Waals surface area contributed by atoms with E-state index < -0.39 is 0 Å². The first-order valence-electron chi connectivity index (χ1n) is 7.07. The van der Waals surface area contributed by atoms with Crippen molar-refractivity contribution in [3.05, 3.63) is 35.4 Å². The van der Waals surface area contributed by atoms with Crippen LogP contribution in [0.2, 0.25) is 0 Å². The van der Waals surface area contributed by atoms with Gasteiger partial charge < -0.3 is 11.1 Å². The topological polar surface area (TPSA) is 92.5 Å². The molecule has 1 aromatic carbocycles. The van der Waals surface area contributed by atoms with Crippen LogP contribution < -0.4 is 11.1 Å². The zero-order valence-corrected chi connectivity index (χ0v) is 11.8. The number of fused-ring (bicyclic) bond motifs is 1. The molecular weight excluding hydrogens is 270 g/mol. The molecule has 2 rings (SSSR count). The van der Waals surface area contributed by atoms with E-state index >= 15 is 0 Å². The Morgan fingerprint density at radius 3 is 2.29 bits per heavy atom. The molecule has 0 saturated heterocycles. The summed E-state index contributed by atoms with van der Waals surface area (Å²) in [4.78, 5) is 36.9.